The van der Waals surface area contributed by atoms with Gasteiger partial charge in [-0.2, -0.15) is 0 Å². The van der Waals surface area contributed by atoms with Crippen LogP contribution in [0.1, 0.15) is 49.7 Å². The van der Waals surface area contributed by atoms with Crippen LogP contribution in [0.2, 0.25) is 0 Å². The van der Waals surface area contributed by atoms with Crippen LogP contribution in [0.25, 0.3) is 10.8 Å². The Balaban J connectivity index is 0.985. The van der Waals surface area contributed by atoms with Crippen molar-refractivity contribution in [1.82, 2.24) is 10.2 Å². The summed E-state index contributed by atoms with van der Waals surface area (Å²) in [5.41, 5.74) is 4.80. The van der Waals surface area contributed by atoms with Gasteiger partial charge < -0.3 is 15.5 Å². The molecule has 0 unspecified atom stereocenters. The van der Waals surface area contributed by atoms with Crippen LogP contribution in [0.4, 0.5) is 5.69 Å². The highest BCUT2D eigenvalue weighted by Gasteiger charge is 2.40. The lowest BCUT2D eigenvalue weighted by atomic mass is 9.74. The molecule has 0 amide bonds. The predicted molar refractivity (Wildman–Crippen MR) is 144 cm³/mol. The van der Waals surface area contributed by atoms with E-state index in [9.17, 15) is 0 Å². The quantitative estimate of drug-likeness (QED) is 0.323. The standard InChI is InChI=1S/C29H35N3S/c33-28(31-27-14-8-11-23-9-2-4-12-25(23)27)30-19-6-1-7-20-32-21-17-29(18-22-32)16-15-24-10-3-5-13-26(24)29/h2-5,8-14H,1,6-7,15-22H2,(H2,30,31,33). The van der Waals surface area contributed by atoms with Crippen molar-refractivity contribution in [2.24, 2.45) is 0 Å². The number of thiocarbonyl (C=S) groups is 1. The Hall–Kier alpha value is -2.43. The number of anilines is 1. The Morgan fingerprint density at radius 1 is 0.848 bits per heavy atom. The number of piperidine rings is 1. The second-order valence-electron chi connectivity index (χ2n) is 9.75. The number of benzene rings is 3. The normalized spacial score (nSPS) is 17.2. The molecule has 1 aliphatic heterocycles. The van der Waals surface area contributed by atoms with Crippen LogP contribution in [0.3, 0.4) is 0 Å². The van der Waals surface area contributed by atoms with Crippen molar-refractivity contribution in [1.29, 1.82) is 0 Å². The predicted octanol–water partition coefficient (Wildman–Crippen LogP) is 6.28. The van der Waals surface area contributed by atoms with Crippen LogP contribution in [-0.2, 0) is 11.8 Å². The van der Waals surface area contributed by atoms with Gasteiger partial charge in [0, 0.05) is 17.6 Å². The van der Waals surface area contributed by atoms with E-state index in [1.54, 1.807) is 11.1 Å². The first-order valence-corrected chi connectivity index (χ1v) is 13.0. The number of nitrogens with zero attached hydrogens (tertiary/aromatic N) is 1. The summed E-state index contributed by atoms with van der Waals surface area (Å²) < 4.78 is 0. The van der Waals surface area contributed by atoms with Crippen molar-refractivity contribution in [2.45, 2.75) is 50.4 Å². The molecule has 1 saturated heterocycles. The molecule has 1 aliphatic carbocycles. The first-order chi connectivity index (χ1) is 16.2. The van der Waals surface area contributed by atoms with Crippen molar-refractivity contribution in [3.8, 4) is 0 Å². The Morgan fingerprint density at radius 3 is 2.55 bits per heavy atom. The maximum atomic E-state index is 5.53. The van der Waals surface area contributed by atoms with Crippen molar-refractivity contribution < 1.29 is 0 Å². The first-order valence-electron chi connectivity index (χ1n) is 12.6. The Labute approximate surface area is 203 Å². The molecular weight excluding hydrogens is 422 g/mol. The number of unbranched alkanes of at least 4 members (excludes halogenated alkanes) is 2. The second kappa shape index (κ2) is 10.2. The second-order valence-corrected chi connectivity index (χ2v) is 10.2. The maximum absolute atomic E-state index is 5.53. The fraction of sp³-hybridized carbons (Fsp3) is 0.414. The van der Waals surface area contributed by atoms with E-state index in [1.807, 2.05) is 0 Å². The molecule has 2 N–H and O–H groups in total. The number of likely N-dealkylation sites (tertiary alicyclic amines) is 1. The highest BCUT2D eigenvalue weighted by Crippen LogP contribution is 2.46. The van der Waals surface area contributed by atoms with Gasteiger partial charge in [-0.05, 0) is 98.4 Å². The Bertz CT molecular complexity index is 1100. The number of rotatable bonds is 7. The molecule has 3 aromatic rings. The summed E-state index contributed by atoms with van der Waals surface area (Å²) in [5, 5.41) is 9.90. The fourth-order valence-electron chi connectivity index (χ4n) is 5.83. The molecular formula is C29H35N3S. The van der Waals surface area contributed by atoms with E-state index < -0.39 is 0 Å². The lowest BCUT2D eigenvalue weighted by Crippen LogP contribution is -2.41. The lowest BCUT2D eigenvalue weighted by molar-refractivity contribution is 0.156. The lowest BCUT2D eigenvalue weighted by Gasteiger charge is -2.40. The van der Waals surface area contributed by atoms with Gasteiger partial charge in [-0.3, -0.25) is 0 Å². The number of aryl methyl sites for hydroxylation is 1. The zero-order valence-electron chi connectivity index (χ0n) is 19.5. The average molecular weight is 458 g/mol. The van der Waals surface area contributed by atoms with Gasteiger partial charge >= 0.3 is 0 Å². The minimum atomic E-state index is 0.476. The highest BCUT2D eigenvalue weighted by atomic mass is 32.1. The van der Waals surface area contributed by atoms with Gasteiger partial charge in [0.25, 0.3) is 0 Å². The molecule has 0 saturated carbocycles. The monoisotopic (exact) mass is 457 g/mol. The van der Waals surface area contributed by atoms with E-state index in [-0.39, 0.29) is 0 Å². The molecule has 0 bridgehead atoms. The van der Waals surface area contributed by atoms with Gasteiger partial charge in [-0.25, -0.2) is 0 Å². The largest absolute Gasteiger partial charge is 0.362 e. The topological polar surface area (TPSA) is 27.3 Å². The summed E-state index contributed by atoms with van der Waals surface area (Å²) in [7, 11) is 0. The molecule has 1 heterocycles. The van der Waals surface area contributed by atoms with E-state index in [2.05, 4.69) is 82.3 Å². The molecule has 5 rings (SSSR count). The molecule has 1 fully saturated rings. The summed E-state index contributed by atoms with van der Waals surface area (Å²) in [5.74, 6) is 0. The van der Waals surface area contributed by atoms with Gasteiger partial charge in [0.15, 0.2) is 5.11 Å². The van der Waals surface area contributed by atoms with Crippen molar-refractivity contribution in [3.63, 3.8) is 0 Å². The molecule has 33 heavy (non-hydrogen) atoms. The highest BCUT2D eigenvalue weighted by molar-refractivity contribution is 7.80. The summed E-state index contributed by atoms with van der Waals surface area (Å²) in [6, 6.07) is 23.9. The van der Waals surface area contributed by atoms with Gasteiger partial charge in [0.05, 0.1) is 0 Å². The van der Waals surface area contributed by atoms with Crippen molar-refractivity contribution in [3.05, 3.63) is 77.9 Å². The minimum absolute atomic E-state index is 0.476. The van der Waals surface area contributed by atoms with Gasteiger partial charge in [-0.15, -0.1) is 0 Å². The van der Waals surface area contributed by atoms with E-state index in [4.69, 9.17) is 12.2 Å². The first kappa shape index (κ1) is 22.4. The van der Waals surface area contributed by atoms with Gasteiger partial charge in [0.2, 0.25) is 0 Å². The third kappa shape index (κ3) is 5.07. The molecule has 3 nitrogen and oxygen atoms in total. The number of hydrogen-bond acceptors (Lipinski definition) is 2. The van der Waals surface area contributed by atoms with Gasteiger partial charge in [0.1, 0.15) is 0 Å². The molecule has 3 aromatic carbocycles. The number of hydrogen-bond donors (Lipinski definition) is 2. The maximum Gasteiger partial charge on any atom is 0.170 e. The van der Waals surface area contributed by atoms with Crippen LogP contribution in [0, 0.1) is 0 Å². The van der Waals surface area contributed by atoms with Crippen molar-refractivity contribution >= 4 is 33.8 Å². The fourth-order valence-corrected chi connectivity index (χ4v) is 6.04. The molecule has 172 valence electrons. The minimum Gasteiger partial charge on any atom is -0.362 e. The average Bonchev–Trinajstić information content (AvgIpc) is 3.21. The van der Waals surface area contributed by atoms with Gasteiger partial charge in [-0.1, -0.05) is 67.1 Å². The third-order valence-corrected chi connectivity index (χ3v) is 8.00. The Kier molecular flexibility index (Phi) is 6.93. The summed E-state index contributed by atoms with van der Waals surface area (Å²) in [6.45, 7) is 4.67. The smallest absolute Gasteiger partial charge is 0.170 e. The van der Waals surface area contributed by atoms with E-state index in [0.29, 0.717) is 10.5 Å². The van der Waals surface area contributed by atoms with Crippen LogP contribution in [-0.4, -0.2) is 36.2 Å². The zero-order valence-corrected chi connectivity index (χ0v) is 20.3. The zero-order chi connectivity index (χ0) is 22.5. The summed E-state index contributed by atoms with van der Waals surface area (Å²) in [4.78, 5) is 2.69. The van der Waals surface area contributed by atoms with E-state index in [0.717, 1.165) is 18.7 Å². The number of fused-ring (bicyclic) bond motifs is 3. The molecule has 2 aliphatic rings. The van der Waals surface area contributed by atoms with Crippen molar-refractivity contribution in [2.75, 3.05) is 31.5 Å². The Morgan fingerprint density at radius 2 is 1.64 bits per heavy atom. The molecule has 0 atom stereocenters. The molecule has 1 spiro atoms. The van der Waals surface area contributed by atoms with E-state index >= 15 is 0 Å². The number of nitrogens with one attached hydrogen (secondary N) is 2. The molecule has 4 heteroatoms. The van der Waals surface area contributed by atoms with Crippen LogP contribution in [0.15, 0.2) is 66.7 Å². The summed E-state index contributed by atoms with van der Waals surface area (Å²) in [6.07, 6.45) is 8.98. The SMILES string of the molecule is S=C(NCCCCCN1CCC2(CCc3ccccc32)CC1)Nc1cccc2ccccc12. The van der Waals surface area contributed by atoms with Crippen LogP contribution >= 0.6 is 12.2 Å². The molecule has 0 radical (unpaired) electrons. The molecule has 0 aromatic heterocycles. The van der Waals surface area contributed by atoms with Crippen LogP contribution < -0.4 is 10.6 Å². The summed E-state index contributed by atoms with van der Waals surface area (Å²) >= 11 is 5.53. The third-order valence-electron chi connectivity index (χ3n) is 7.75. The van der Waals surface area contributed by atoms with Crippen LogP contribution in [0.5, 0.6) is 0 Å². The van der Waals surface area contributed by atoms with E-state index in [1.165, 1.54) is 68.9 Å².